The molecule has 0 fully saturated rings. The van der Waals surface area contributed by atoms with Gasteiger partial charge in [0, 0.05) is 22.9 Å². The number of hydrogen-bond acceptors (Lipinski definition) is 5. The Labute approximate surface area is 116 Å². The van der Waals surface area contributed by atoms with E-state index in [1.807, 2.05) is 36.5 Å². The molecule has 20 heavy (non-hydrogen) atoms. The fraction of sp³-hybridized carbons (Fsp3) is 0. The van der Waals surface area contributed by atoms with Crippen LogP contribution >= 0.6 is 0 Å². The van der Waals surface area contributed by atoms with Crippen LogP contribution in [0, 0.1) is 10.2 Å². The summed E-state index contributed by atoms with van der Waals surface area (Å²) in [4.78, 5) is 0. The zero-order valence-corrected chi connectivity index (χ0v) is 11.0. The van der Waals surface area contributed by atoms with Gasteiger partial charge in [-0.1, -0.05) is 18.2 Å². The molecule has 0 amide bonds. The molecule has 0 atom stereocenters. The third-order valence-electron chi connectivity index (χ3n) is 2.70. The average Bonchev–Trinajstić information content (AvgIpc) is 2.37. The highest BCUT2D eigenvalue weighted by Crippen LogP contribution is 2.21. The fourth-order valence-corrected chi connectivity index (χ4v) is 1.94. The first kappa shape index (κ1) is 14.4. The van der Waals surface area contributed by atoms with E-state index in [0.29, 0.717) is 0 Å². The lowest BCUT2D eigenvalue weighted by Crippen LogP contribution is -2.68. The van der Waals surface area contributed by atoms with Crippen LogP contribution in [0.2, 0.25) is 0 Å². The van der Waals surface area contributed by atoms with E-state index in [0.717, 1.165) is 16.6 Å². The second-order valence-electron chi connectivity index (χ2n) is 4.00. The number of nitrogen functional groups attached to an aromatic ring is 1. The molecule has 0 bridgehead atoms. The Bertz CT molecular complexity index is 683. The van der Waals surface area contributed by atoms with Crippen molar-refractivity contribution in [3.63, 3.8) is 0 Å². The van der Waals surface area contributed by atoms with E-state index in [-0.39, 0.29) is 0 Å². The van der Waals surface area contributed by atoms with Crippen molar-refractivity contribution >= 4 is 22.0 Å². The molecule has 3 aromatic rings. The summed E-state index contributed by atoms with van der Waals surface area (Å²) in [7, 11) is -4.94. The monoisotopic (exact) mass is 294 g/mol. The summed E-state index contributed by atoms with van der Waals surface area (Å²) in [6, 6.07) is 14.2. The fourth-order valence-electron chi connectivity index (χ4n) is 1.94. The molecule has 2 N–H and O–H groups in total. The number of hydrogen-bond donors (Lipinski definition) is 1. The molecule has 0 aliphatic rings. The largest absolute Gasteiger partial charge is 0.393 e. The molecule has 7 heteroatoms. The zero-order valence-electron chi connectivity index (χ0n) is 10.2. The molecule has 0 aliphatic carbocycles. The van der Waals surface area contributed by atoms with Gasteiger partial charge in [-0.15, -0.1) is 10.2 Å². The van der Waals surface area contributed by atoms with Crippen molar-refractivity contribution in [3.8, 4) is 0 Å². The van der Waals surface area contributed by atoms with Crippen molar-refractivity contribution < 1.29 is 33.3 Å². The molecule has 6 nitrogen and oxygen atoms in total. The molecule has 0 saturated carbocycles. The topological polar surface area (TPSA) is 122 Å². The molecule has 0 spiro atoms. The number of nitrogens with two attached hydrogens (primary N) is 1. The van der Waals surface area contributed by atoms with Crippen LogP contribution < -0.4 is 28.8 Å². The van der Waals surface area contributed by atoms with E-state index >= 15 is 0 Å². The van der Waals surface area contributed by atoms with Crippen LogP contribution in [0.3, 0.4) is 0 Å². The Balaban J connectivity index is 0.000000257. The quantitative estimate of drug-likeness (QED) is 0.360. The van der Waals surface area contributed by atoms with Crippen LogP contribution in [0.4, 0.5) is 5.69 Å². The number of aromatic nitrogens is 1. The van der Waals surface area contributed by atoms with Crippen LogP contribution in [0.25, 0.3) is 16.3 Å². The Hall–Kier alpha value is -1.96. The van der Waals surface area contributed by atoms with Gasteiger partial charge in [0.1, 0.15) is 5.69 Å². The van der Waals surface area contributed by atoms with Crippen molar-refractivity contribution in [1.82, 2.24) is 0 Å². The first-order chi connectivity index (χ1) is 9.36. The highest BCUT2D eigenvalue weighted by molar-refractivity contribution is 5.97. The van der Waals surface area contributed by atoms with Gasteiger partial charge in [-0.2, -0.15) is 4.40 Å². The normalized spacial score (nSPS) is 11.2. The number of pyridine rings is 2. The molecule has 2 heterocycles. The van der Waals surface area contributed by atoms with Crippen LogP contribution in [0.1, 0.15) is 0 Å². The molecular weight excluding hydrogens is 284 g/mol. The van der Waals surface area contributed by atoms with Crippen LogP contribution in [-0.2, 0) is 0 Å². The summed E-state index contributed by atoms with van der Waals surface area (Å²) in [5.41, 5.74) is 8.03. The predicted octanol–water partition coefficient (Wildman–Crippen LogP) is -2.60. The van der Waals surface area contributed by atoms with Crippen LogP contribution in [-0.4, -0.2) is 0 Å². The van der Waals surface area contributed by atoms with Crippen molar-refractivity contribution in [2.75, 3.05) is 5.73 Å². The van der Waals surface area contributed by atoms with Gasteiger partial charge >= 0.3 is 0 Å². The third-order valence-corrected chi connectivity index (χ3v) is 2.70. The summed E-state index contributed by atoms with van der Waals surface area (Å²) in [6.45, 7) is 0. The Morgan fingerprint density at radius 1 is 0.900 bits per heavy atom. The number of rotatable bonds is 0. The minimum Gasteiger partial charge on any atom is -0.393 e. The van der Waals surface area contributed by atoms with Gasteiger partial charge in [-0.25, -0.2) is 18.6 Å². The molecule has 0 radical (unpaired) electrons. The maximum absolute atomic E-state index is 8.49. The standard InChI is InChI=1S/C13H11N2.ClHO4/c14-13-11-6-2-1-5-10(11)9-15-8-4-3-7-12(13)15;2-1(3,4)5/h1-9H,14H2;(H,2,3,4,5)/q+1;/p-1. The Morgan fingerprint density at radius 3 is 2.20 bits per heavy atom. The van der Waals surface area contributed by atoms with Crippen molar-refractivity contribution in [3.05, 3.63) is 54.9 Å². The summed E-state index contributed by atoms with van der Waals surface area (Å²) in [6.07, 6.45) is 4.11. The number of benzene rings is 1. The van der Waals surface area contributed by atoms with E-state index in [1.54, 1.807) is 0 Å². The second kappa shape index (κ2) is 5.58. The highest BCUT2D eigenvalue weighted by atomic mass is 35.7. The molecule has 0 unspecified atom stereocenters. The van der Waals surface area contributed by atoms with Gasteiger partial charge in [-0.05, 0) is 12.1 Å². The Kier molecular flexibility index (Phi) is 4.03. The van der Waals surface area contributed by atoms with Crippen LogP contribution in [0.5, 0.6) is 0 Å². The lowest BCUT2D eigenvalue weighted by Gasteiger charge is -2.17. The smallest absolute Gasteiger partial charge is 0.234 e. The molecule has 0 saturated heterocycles. The SMILES string of the molecule is Nc1c2ccccc2c[n+]2ccccc12.[O-][Cl+3]([O-])([O-])[O-]. The molecule has 1 aromatic carbocycles. The summed E-state index contributed by atoms with van der Waals surface area (Å²) >= 11 is 0. The van der Waals surface area contributed by atoms with Crippen molar-refractivity contribution in [1.29, 1.82) is 0 Å². The van der Waals surface area contributed by atoms with E-state index in [2.05, 4.69) is 22.7 Å². The maximum Gasteiger partial charge on any atom is 0.234 e. The van der Waals surface area contributed by atoms with E-state index in [1.165, 1.54) is 5.39 Å². The highest BCUT2D eigenvalue weighted by Gasteiger charge is 2.09. The summed E-state index contributed by atoms with van der Waals surface area (Å²) in [5.74, 6) is 0. The average molecular weight is 295 g/mol. The Morgan fingerprint density at radius 2 is 1.50 bits per heavy atom. The van der Waals surface area contributed by atoms with Gasteiger partial charge in [0.05, 0.1) is 0 Å². The number of halogens is 1. The summed E-state index contributed by atoms with van der Waals surface area (Å²) in [5, 5.41) is 2.28. The van der Waals surface area contributed by atoms with Gasteiger partial charge in [0.15, 0.2) is 12.4 Å². The van der Waals surface area contributed by atoms with E-state index in [9.17, 15) is 0 Å². The van der Waals surface area contributed by atoms with Crippen LogP contribution in [0.15, 0.2) is 54.9 Å². The van der Waals surface area contributed by atoms with Gasteiger partial charge in [0.25, 0.3) is 0 Å². The summed E-state index contributed by atoms with van der Waals surface area (Å²) < 4.78 is 36.0. The molecule has 2 aromatic heterocycles. The first-order valence-corrected chi connectivity index (χ1v) is 6.79. The second-order valence-corrected chi connectivity index (χ2v) is 4.76. The van der Waals surface area contributed by atoms with Crippen molar-refractivity contribution in [2.45, 2.75) is 0 Å². The van der Waals surface area contributed by atoms with E-state index in [4.69, 9.17) is 24.4 Å². The molecule has 0 aliphatic heterocycles. The number of fused-ring (bicyclic) bond motifs is 2. The minimum absolute atomic E-state index is 0.841. The molecular formula is C13H11ClN2O4. The third kappa shape index (κ3) is 3.53. The predicted molar refractivity (Wildman–Crippen MR) is 61.5 cm³/mol. The molecule has 3 rings (SSSR count). The lowest BCUT2D eigenvalue weighted by atomic mass is 10.1. The first-order valence-electron chi connectivity index (χ1n) is 5.55. The maximum atomic E-state index is 8.49. The van der Waals surface area contributed by atoms with Gasteiger partial charge in [-0.3, -0.25) is 0 Å². The van der Waals surface area contributed by atoms with E-state index < -0.39 is 10.2 Å². The zero-order chi connectivity index (χ0) is 14.8. The molecule has 104 valence electrons. The number of anilines is 1. The van der Waals surface area contributed by atoms with Gasteiger partial charge in [0.2, 0.25) is 5.52 Å². The number of nitrogens with zero attached hydrogens (tertiary/aromatic N) is 1. The minimum atomic E-state index is -4.94. The van der Waals surface area contributed by atoms with Crippen molar-refractivity contribution in [2.24, 2.45) is 0 Å². The lowest BCUT2D eigenvalue weighted by molar-refractivity contribution is -2.00. The van der Waals surface area contributed by atoms with Gasteiger partial charge < -0.3 is 5.73 Å².